The third kappa shape index (κ3) is 2.88. The Morgan fingerprint density at radius 2 is 2.29 bits per heavy atom. The zero-order valence-electron chi connectivity index (χ0n) is 8.98. The molecule has 1 aliphatic heterocycles. The SMILES string of the molecule is CN1CCSCC1C(O)CCC1CC1. The van der Waals surface area contributed by atoms with Crippen LogP contribution in [0.1, 0.15) is 25.7 Å². The van der Waals surface area contributed by atoms with Crippen LogP contribution < -0.4 is 0 Å². The lowest BCUT2D eigenvalue weighted by Gasteiger charge is -2.35. The Bertz CT molecular complexity index is 184. The first kappa shape index (κ1) is 10.8. The molecule has 1 N–H and O–H groups in total. The Hall–Kier alpha value is 0.270. The minimum Gasteiger partial charge on any atom is -0.391 e. The van der Waals surface area contributed by atoms with E-state index in [1.165, 1.54) is 25.0 Å². The second-order valence-corrected chi connectivity index (χ2v) is 5.86. The topological polar surface area (TPSA) is 23.5 Å². The number of aliphatic hydroxyl groups is 1. The summed E-state index contributed by atoms with van der Waals surface area (Å²) in [6.45, 7) is 1.13. The van der Waals surface area contributed by atoms with Gasteiger partial charge in [-0.15, -0.1) is 0 Å². The van der Waals surface area contributed by atoms with Gasteiger partial charge in [-0.05, 0) is 25.8 Å². The minimum absolute atomic E-state index is 0.0894. The fourth-order valence-electron chi connectivity index (χ4n) is 2.12. The largest absolute Gasteiger partial charge is 0.391 e. The van der Waals surface area contributed by atoms with Crippen molar-refractivity contribution in [3.8, 4) is 0 Å². The van der Waals surface area contributed by atoms with E-state index in [9.17, 15) is 5.11 Å². The van der Waals surface area contributed by atoms with Crippen molar-refractivity contribution in [2.45, 2.75) is 37.8 Å². The Morgan fingerprint density at radius 1 is 1.50 bits per heavy atom. The summed E-state index contributed by atoms with van der Waals surface area (Å²) in [7, 11) is 2.14. The number of hydrogen-bond acceptors (Lipinski definition) is 3. The first-order valence-electron chi connectivity index (χ1n) is 5.73. The Morgan fingerprint density at radius 3 is 2.93 bits per heavy atom. The summed E-state index contributed by atoms with van der Waals surface area (Å²) in [6, 6.07) is 0.410. The molecule has 1 saturated heterocycles. The molecule has 2 aliphatic rings. The van der Waals surface area contributed by atoms with Crippen molar-refractivity contribution in [2.75, 3.05) is 25.1 Å². The van der Waals surface area contributed by atoms with Gasteiger partial charge in [-0.25, -0.2) is 0 Å². The highest BCUT2D eigenvalue weighted by Gasteiger charge is 2.28. The van der Waals surface area contributed by atoms with Crippen molar-refractivity contribution in [3.05, 3.63) is 0 Å². The Kier molecular flexibility index (Phi) is 3.74. The molecule has 0 aromatic heterocycles. The number of nitrogens with zero attached hydrogens (tertiary/aromatic N) is 1. The average Bonchev–Trinajstić information content (AvgIpc) is 2.98. The van der Waals surface area contributed by atoms with Gasteiger partial charge >= 0.3 is 0 Å². The predicted molar refractivity (Wildman–Crippen MR) is 61.7 cm³/mol. The monoisotopic (exact) mass is 215 g/mol. The zero-order valence-corrected chi connectivity index (χ0v) is 9.80. The zero-order chi connectivity index (χ0) is 9.97. The number of hydrogen-bond donors (Lipinski definition) is 1. The van der Waals surface area contributed by atoms with Crippen molar-refractivity contribution in [1.82, 2.24) is 4.90 Å². The van der Waals surface area contributed by atoms with E-state index >= 15 is 0 Å². The molecule has 1 saturated carbocycles. The Labute approximate surface area is 91.1 Å². The van der Waals surface area contributed by atoms with Crippen molar-refractivity contribution in [3.63, 3.8) is 0 Å². The summed E-state index contributed by atoms with van der Waals surface area (Å²) < 4.78 is 0. The highest BCUT2D eigenvalue weighted by Crippen LogP contribution is 2.34. The molecule has 0 spiro atoms. The first-order chi connectivity index (χ1) is 6.77. The van der Waals surface area contributed by atoms with E-state index in [0.29, 0.717) is 6.04 Å². The first-order valence-corrected chi connectivity index (χ1v) is 6.89. The molecular formula is C11H21NOS. The molecule has 0 radical (unpaired) electrons. The molecule has 14 heavy (non-hydrogen) atoms. The maximum Gasteiger partial charge on any atom is 0.0703 e. The molecule has 1 heterocycles. The molecule has 2 nitrogen and oxygen atoms in total. The van der Waals surface area contributed by atoms with Gasteiger partial charge in [0.25, 0.3) is 0 Å². The van der Waals surface area contributed by atoms with Gasteiger partial charge in [-0.2, -0.15) is 11.8 Å². The standard InChI is InChI=1S/C11H21NOS/c1-12-6-7-14-8-10(12)11(13)5-4-9-2-3-9/h9-11,13H,2-8H2,1H3. The van der Waals surface area contributed by atoms with Crippen LogP contribution in [0.3, 0.4) is 0 Å². The highest BCUT2D eigenvalue weighted by molar-refractivity contribution is 7.99. The summed E-state index contributed by atoms with van der Waals surface area (Å²) >= 11 is 1.98. The predicted octanol–water partition coefficient (Wildman–Crippen LogP) is 1.58. The second-order valence-electron chi connectivity index (χ2n) is 4.71. The molecule has 0 aromatic rings. The quantitative estimate of drug-likeness (QED) is 0.770. The van der Waals surface area contributed by atoms with Crippen LogP contribution in [0, 0.1) is 5.92 Å². The molecule has 2 atom stereocenters. The van der Waals surface area contributed by atoms with E-state index in [0.717, 1.165) is 24.6 Å². The van der Waals surface area contributed by atoms with Crippen LogP contribution in [-0.2, 0) is 0 Å². The molecule has 82 valence electrons. The molecule has 3 heteroatoms. The summed E-state index contributed by atoms with van der Waals surface area (Å²) in [5, 5.41) is 10.1. The van der Waals surface area contributed by atoms with Gasteiger partial charge in [0.1, 0.15) is 0 Å². The van der Waals surface area contributed by atoms with E-state index in [4.69, 9.17) is 0 Å². The van der Waals surface area contributed by atoms with Crippen molar-refractivity contribution in [1.29, 1.82) is 0 Å². The fraction of sp³-hybridized carbons (Fsp3) is 1.00. The van der Waals surface area contributed by atoms with Crippen molar-refractivity contribution < 1.29 is 5.11 Å². The third-order valence-electron chi connectivity index (χ3n) is 3.45. The lowest BCUT2D eigenvalue weighted by atomic mass is 10.0. The molecule has 2 rings (SSSR count). The maximum absolute atomic E-state index is 10.1. The van der Waals surface area contributed by atoms with Crippen LogP contribution in [0.25, 0.3) is 0 Å². The molecular weight excluding hydrogens is 194 g/mol. The second kappa shape index (κ2) is 4.86. The molecule has 0 bridgehead atoms. The molecule has 2 fully saturated rings. The molecule has 0 amide bonds. The van der Waals surface area contributed by atoms with Gasteiger partial charge in [-0.1, -0.05) is 12.8 Å². The van der Waals surface area contributed by atoms with Crippen LogP contribution in [-0.4, -0.2) is 47.3 Å². The van der Waals surface area contributed by atoms with E-state index in [-0.39, 0.29) is 6.10 Å². The van der Waals surface area contributed by atoms with Gasteiger partial charge in [0.2, 0.25) is 0 Å². The molecule has 2 unspecified atom stereocenters. The maximum atomic E-state index is 10.1. The van der Waals surface area contributed by atoms with Crippen molar-refractivity contribution in [2.24, 2.45) is 5.92 Å². The number of aliphatic hydroxyl groups excluding tert-OH is 1. The Balaban J connectivity index is 1.73. The van der Waals surface area contributed by atoms with E-state index in [1.807, 2.05) is 11.8 Å². The van der Waals surface area contributed by atoms with Crippen LogP contribution in [0.5, 0.6) is 0 Å². The average molecular weight is 215 g/mol. The van der Waals surface area contributed by atoms with E-state index in [2.05, 4.69) is 11.9 Å². The van der Waals surface area contributed by atoms with Gasteiger partial charge < -0.3 is 5.11 Å². The van der Waals surface area contributed by atoms with E-state index in [1.54, 1.807) is 0 Å². The smallest absolute Gasteiger partial charge is 0.0703 e. The van der Waals surface area contributed by atoms with E-state index < -0.39 is 0 Å². The van der Waals surface area contributed by atoms with Crippen LogP contribution >= 0.6 is 11.8 Å². The third-order valence-corrected chi connectivity index (χ3v) is 4.50. The minimum atomic E-state index is -0.0894. The van der Waals surface area contributed by atoms with Gasteiger partial charge in [0.15, 0.2) is 0 Å². The summed E-state index contributed by atoms with van der Waals surface area (Å²) in [5.41, 5.74) is 0. The molecule has 1 aliphatic carbocycles. The van der Waals surface area contributed by atoms with Crippen LogP contribution in [0.15, 0.2) is 0 Å². The number of thioether (sulfide) groups is 1. The molecule has 0 aromatic carbocycles. The van der Waals surface area contributed by atoms with Crippen LogP contribution in [0.2, 0.25) is 0 Å². The van der Waals surface area contributed by atoms with Gasteiger partial charge in [0.05, 0.1) is 6.10 Å². The number of rotatable bonds is 4. The van der Waals surface area contributed by atoms with Crippen molar-refractivity contribution >= 4 is 11.8 Å². The summed E-state index contributed by atoms with van der Waals surface area (Å²) in [6.07, 6.45) is 4.98. The highest BCUT2D eigenvalue weighted by atomic mass is 32.2. The lowest BCUT2D eigenvalue weighted by molar-refractivity contribution is 0.0668. The lowest BCUT2D eigenvalue weighted by Crippen LogP contribution is -2.47. The normalized spacial score (nSPS) is 31.7. The number of likely N-dealkylation sites (N-methyl/N-ethyl adjacent to an activating group) is 1. The van der Waals surface area contributed by atoms with Gasteiger partial charge in [0, 0.05) is 24.1 Å². The van der Waals surface area contributed by atoms with Gasteiger partial charge in [-0.3, -0.25) is 4.90 Å². The summed E-state index contributed by atoms with van der Waals surface area (Å²) in [4.78, 5) is 2.33. The fourth-order valence-corrected chi connectivity index (χ4v) is 3.42. The summed E-state index contributed by atoms with van der Waals surface area (Å²) in [5.74, 6) is 3.29. The van der Waals surface area contributed by atoms with Crippen LogP contribution in [0.4, 0.5) is 0 Å².